The largest absolute Gasteiger partial charge is 0.550 e. The van der Waals surface area contributed by atoms with Crippen molar-refractivity contribution in [3.8, 4) is 0 Å². The van der Waals surface area contributed by atoms with Gasteiger partial charge < -0.3 is 9.90 Å². The zero-order valence-electron chi connectivity index (χ0n) is 11.2. The fraction of sp³-hybridized carbons (Fsp3) is 0.933. The van der Waals surface area contributed by atoms with Crippen molar-refractivity contribution in [1.82, 2.24) is 0 Å². The van der Waals surface area contributed by atoms with Crippen LogP contribution >= 0.6 is 0 Å². The number of hydrogen-bond donors (Lipinski definition) is 0. The first-order chi connectivity index (χ1) is 8.11. The van der Waals surface area contributed by atoms with Crippen LogP contribution in [0.5, 0.6) is 0 Å². The van der Waals surface area contributed by atoms with Crippen molar-refractivity contribution >= 4 is 5.97 Å². The summed E-state index contributed by atoms with van der Waals surface area (Å²) in [4.78, 5) is 11.1. The minimum atomic E-state index is -0.794. The molecule has 0 aromatic carbocycles. The molecule has 17 heavy (non-hydrogen) atoms. The molecule has 3 unspecified atom stereocenters. The highest BCUT2D eigenvalue weighted by atomic mass is 16.4. The molecule has 2 fully saturated rings. The maximum absolute atomic E-state index is 11.1. The van der Waals surface area contributed by atoms with Gasteiger partial charge in [0.2, 0.25) is 0 Å². The van der Waals surface area contributed by atoms with E-state index in [1.54, 1.807) is 0 Å². The van der Waals surface area contributed by atoms with E-state index in [-0.39, 0.29) is 11.3 Å². The topological polar surface area (TPSA) is 40.1 Å². The van der Waals surface area contributed by atoms with Gasteiger partial charge in [-0.05, 0) is 42.9 Å². The molecule has 1 spiro atoms. The predicted octanol–water partition coefficient (Wildman–Crippen LogP) is 2.76. The molecule has 2 aliphatic rings. The molecule has 0 N–H and O–H groups in total. The second-order valence-corrected chi connectivity index (χ2v) is 6.39. The fourth-order valence-electron chi connectivity index (χ4n) is 4.26. The molecule has 2 saturated carbocycles. The molecule has 0 bridgehead atoms. The summed E-state index contributed by atoms with van der Waals surface area (Å²) in [5.41, 5.74) is 0.150. The second-order valence-electron chi connectivity index (χ2n) is 6.39. The van der Waals surface area contributed by atoms with Gasteiger partial charge in [0.15, 0.2) is 0 Å². The third-order valence-electron chi connectivity index (χ3n) is 4.93. The predicted molar refractivity (Wildman–Crippen MR) is 66.2 cm³/mol. The third kappa shape index (κ3) is 2.66. The van der Waals surface area contributed by atoms with Crippen LogP contribution in [0.2, 0.25) is 0 Å². The van der Waals surface area contributed by atoms with E-state index in [0.717, 1.165) is 31.1 Å². The van der Waals surface area contributed by atoms with Gasteiger partial charge in [-0.3, -0.25) is 0 Å². The van der Waals surface area contributed by atoms with Gasteiger partial charge in [-0.1, -0.05) is 39.5 Å². The van der Waals surface area contributed by atoms with Crippen molar-refractivity contribution < 1.29 is 9.90 Å². The zero-order chi connectivity index (χ0) is 12.5. The third-order valence-corrected chi connectivity index (χ3v) is 4.93. The lowest BCUT2D eigenvalue weighted by Crippen LogP contribution is -2.31. The van der Waals surface area contributed by atoms with Crippen LogP contribution in [0, 0.1) is 23.2 Å². The van der Waals surface area contributed by atoms with E-state index in [2.05, 4.69) is 13.8 Å². The van der Waals surface area contributed by atoms with Crippen molar-refractivity contribution in [3.63, 3.8) is 0 Å². The molecule has 0 aliphatic heterocycles. The van der Waals surface area contributed by atoms with E-state index in [9.17, 15) is 9.90 Å². The Morgan fingerprint density at radius 3 is 2.00 bits per heavy atom. The van der Waals surface area contributed by atoms with Gasteiger partial charge in [-0.2, -0.15) is 0 Å². The first-order valence-electron chi connectivity index (χ1n) is 7.32. The Bertz CT molecular complexity index is 271. The van der Waals surface area contributed by atoms with Crippen molar-refractivity contribution in [2.45, 2.75) is 65.2 Å². The SMILES string of the molecule is CCCC1CC(CCC)CC2(C1)CC2C(=O)[O-]. The summed E-state index contributed by atoms with van der Waals surface area (Å²) in [6.45, 7) is 4.47. The highest BCUT2D eigenvalue weighted by Crippen LogP contribution is 2.64. The van der Waals surface area contributed by atoms with Crippen LogP contribution in [0.15, 0.2) is 0 Å². The highest BCUT2D eigenvalue weighted by molar-refractivity contribution is 5.72. The normalized spacial score (nSPS) is 40.5. The summed E-state index contributed by atoms with van der Waals surface area (Å²) < 4.78 is 0. The highest BCUT2D eigenvalue weighted by Gasteiger charge is 2.57. The van der Waals surface area contributed by atoms with Gasteiger partial charge in [-0.25, -0.2) is 0 Å². The molecular formula is C15H25O2-. The van der Waals surface area contributed by atoms with Crippen LogP contribution in [-0.2, 0) is 4.79 Å². The van der Waals surface area contributed by atoms with Crippen LogP contribution in [0.4, 0.5) is 0 Å². The molecule has 0 heterocycles. The Morgan fingerprint density at radius 1 is 1.12 bits per heavy atom. The minimum absolute atomic E-state index is 0.124. The quantitative estimate of drug-likeness (QED) is 0.737. The van der Waals surface area contributed by atoms with E-state index >= 15 is 0 Å². The van der Waals surface area contributed by atoms with E-state index < -0.39 is 5.97 Å². The first kappa shape index (κ1) is 12.9. The van der Waals surface area contributed by atoms with Crippen LogP contribution in [-0.4, -0.2) is 5.97 Å². The number of carbonyl (C=O) groups is 1. The maximum Gasteiger partial charge on any atom is 0.0451 e. The Kier molecular flexibility index (Phi) is 3.79. The standard InChI is InChI=1S/C15H26O2/c1-3-5-11-7-12(6-4-2)9-15(8-11)10-13(15)14(16)17/h11-13H,3-10H2,1-2H3,(H,16,17)/p-1. The van der Waals surface area contributed by atoms with E-state index in [0.29, 0.717) is 0 Å². The molecular weight excluding hydrogens is 212 g/mol. The van der Waals surface area contributed by atoms with Gasteiger partial charge in [0, 0.05) is 11.9 Å². The summed E-state index contributed by atoms with van der Waals surface area (Å²) in [5.74, 6) is 0.628. The fourth-order valence-corrected chi connectivity index (χ4v) is 4.26. The van der Waals surface area contributed by atoms with Crippen molar-refractivity contribution in [2.75, 3.05) is 0 Å². The molecule has 2 heteroatoms. The molecule has 0 radical (unpaired) electrons. The number of carboxylic acids is 1. The Hall–Kier alpha value is -0.530. The second kappa shape index (κ2) is 4.99. The Morgan fingerprint density at radius 2 is 1.65 bits per heavy atom. The summed E-state index contributed by atoms with van der Waals surface area (Å²) >= 11 is 0. The smallest absolute Gasteiger partial charge is 0.0451 e. The van der Waals surface area contributed by atoms with Gasteiger partial charge in [0.25, 0.3) is 0 Å². The van der Waals surface area contributed by atoms with Crippen molar-refractivity contribution in [3.05, 3.63) is 0 Å². The minimum Gasteiger partial charge on any atom is -0.550 e. The molecule has 2 aliphatic carbocycles. The van der Waals surface area contributed by atoms with Gasteiger partial charge >= 0.3 is 0 Å². The van der Waals surface area contributed by atoms with E-state index in [1.807, 2.05) is 0 Å². The molecule has 0 aromatic rings. The lowest BCUT2D eigenvalue weighted by atomic mass is 9.69. The molecule has 2 nitrogen and oxygen atoms in total. The average Bonchev–Trinajstić information content (AvgIpc) is 2.92. The number of hydrogen-bond acceptors (Lipinski definition) is 2. The summed E-state index contributed by atoms with van der Waals surface area (Å²) in [7, 11) is 0. The van der Waals surface area contributed by atoms with Crippen molar-refractivity contribution in [2.24, 2.45) is 23.2 Å². The van der Waals surface area contributed by atoms with E-state index in [1.165, 1.54) is 32.1 Å². The molecule has 98 valence electrons. The average molecular weight is 237 g/mol. The Balaban J connectivity index is 2.00. The molecule has 0 aromatic heterocycles. The lowest BCUT2D eigenvalue weighted by molar-refractivity contribution is -0.309. The lowest BCUT2D eigenvalue weighted by Gasteiger charge is -2.36. The molecule has 0 amide bonds. The van der Waals surface area contributed by atoms with E-state index in [4.69, 9.17) is 0 Å². The van der Waals surface area contributed by atoms with Gasteiger partial charge in [0.05, 0.1) is 0 Å². The monoisotopic (exact) mass is 237 g/mol. The Labute approximate surface area is 105 Å². The van der Waals surface area contributed by atoms with Crippen LogP contribution in [0.1, 0.15) is 65.2 Å². The number of carboxylic acid groups (broad SMARTS) is 1. The number of carbonyl (C=O) groups excluding carboxylic acids is 1. The maximum atomic E-state index is 11.1. The number of aliphatic carboxylic acids is 1. The van der Waals surface area contributed by atoms with Crippen LogP contribution in [0.25, 0.3) is 0 Å². The van der Waals surface area contributed by atoms with Gasteiger partial charge in [-0.15, -0.1) is 0 Å². The zero-order valence-corrected chi connectivity index (χ0v) is 11.2. The molecule has 3 atom stereocenters. The van der Waals surface area contributed by atoms with Crippen molar-refractivity contribution in [1.29, 1.82) is 0 Å². The molecule has 2 rings (SSSR count). The van der Waals surface area contributed by atoms with Crippen LogP contribution in [0.3, 0.4) is 0 Å². The first-order valence-corrected chi connectivity index (χ1v) is 7.32. The molecule has 0 saturated heterocycles. The summed E-state index contributed by atoms with van der Waals surface area (Å²) in [6.07, 6.45) is 9.56. The summed E-state index contributed by atoms with van der Waals surface area (Å²) in [6, 6.07) is 0. The van der Waals surface area contributed by atoms with Crippen LogP contribution < -0.4 is 5.11 Å². The number of rotatable bonds is 5. The summed E-state index contributed by atoms with van der Waals surface area (Å²) in [5, 5.41) is 11.1. The van der Waals surface area contributed by atoms with Gasteiger partial charge in [0.1, 0.15) is 0 Å².